The number of fused-ring (bicyclic) bond motifs is 1. The maximum atomic E-state index is 11.4. The summed E-state index contributed by atoms with van der Waals surface area (Å²) in [5.41, 5.74) is 4.38. The molecule has 1 aliphatic heterocycles. The van der Waals surface area contributed by atoms with Crippen molar-refractivity contribution in [1.82, 2.24) is 9.80 Å². The van der Waals surface area contributed by atoms with E-state index in [0.717, 1.165) is 44.7 Å². The second kappa shape index (κ2) is 7.60. The summed E-state index contributed by atoms with van der Waals surface area (Å²) in [4.78, 5) is 16.4. The summed E-state index contributed by atoms with van der Waals surface area (Å²) in [5.74, 6) is -0.833. The zero-order valence-electron chi connectivity index (χ0n) is 15.1. The van der Waals surface area contributed by atoms with E-state index in [1.54, 1.807) is 12.1 Å². The van der Waals surface area contributed by atoms with Crippen LogP contribution >= 0.6 is 0 Å². The van der Waals surface area contributed by atoms with Crippen molar-refractivity contribution in [2.45, 2.75) is 31.8 Å². The van der Waals surface area contributed by atoms with Crippen LogP contribution in [0.2, 0.25) is 0 Å². The fraction of sp³-hybridized carbons (Fsp3) is 0.409. The Morgan fingerprint density at radius 1 is 0.962 bits per heavy atom. The number of rotatable bonds is 4. The van der Waals surface area contributed by atoms with Gasteiger partial charge in [-0.05, 0) is 42.0 Å². The molecule has 4 rings (SSSR count). The lowest BCUT2D eigenvalue weighted by Crippen LogP contribution is -2.51. The van der Waals surface area contributed by atoms with Gasteiger partial charge in [-0.2, -0.15) is 0 Å². The Morgan fingerprint density at radius 2 is 1.65 bits per heavy atom. The normalized spacial score (nSPS) is 21.3. The Hall–Kier alpha value is -2.17. The van der Waals surface area contributed by atoms with Crippen molar-refractivity contribution in [2.24, 2.45) is 0 Å². The fourth-order valence-corrected chi connectivity index (χ4v) is 4.38. The third-order valence-electron chi connectivity index (χ3n) is 5.89. The molecule has 26 heavy (non-hydrogen) atoms. The zero-order chi connectivity index (χ0) is 17.9. The van der Waals surface area contributed by atoms with Gasteiger partial charge >= 0.3 is 5.97 Å². The number of benzene rings is 2. The van der Waals surface area contributed by atoms with E-state index in [1.165, 1.54) is 24.0 Å². The van der Waals surface area contributed by atoms with Crippen molar-refractivity contribution >= 4 is 5.97 Å². The highest BCUT2D eigenvalue weighted by Gasteiger charge is 2.27. The lowest BCUT2D eigenvalue weighted by Gasteiger charge is -2.41. The van der Waals surface area contributed by atoms with E-state index >= 15 is 0 Å². The molecule has 4 heteroatoms. The van der Waals surface area contributed by atoms with Crippen molar-refractivity contribution in [1.29, 1.82) is 0 Å². The van der Waals surface area contributed by atoms with E-state index in [4.69, 9.17) is 0 Å². The maximum absolute atomic E-state index is 11.4. The Morgan fingerprint density at radius 3 is 2.42 bits per heavy atom. The van der Waals surface area contributed by atoms with E-state index in [0.29, 0.717) is 11.6 Å². The number of hydrogen-bond acceptors (Lipinski definition) is 3. The first-order valence-electron chi connectivity index (χ1n) is 9.55. The summed E-state index contributed by atoms with van der Waals surface area (Å²) in [5, 5.41) is 9.36. The molecular weight excluding hydrogens is 324 g/mol. The zero-order valence-corrected chi connectivity index (χ0v) is 15.1. The number of carboxylic acid groups (broad SMARTS) is 1. The number of carboxylic acids is 1. The molecule has 0 bridgehead atoms. The van der Waals surface area contributed by atoms with Gasteiger partial charge in [0.25, 0.3) is 0 Å². The van der Waals surface area contributed by atoms with E-state index in [1.807, 2.05) is 12.1 Å². The molecule has 2 aliphatic rings. The van der Waals surface area contributed by atoms with Gasteiger partial charge in [0, 0.05) is 38.8 Å². The second-order valence-corrected chi connectivity index (χ2v) is 7.44. The molecule has 0 aromatic heterocycles. The average Bonchev–Trinajstić information content (AvgIpc) is 2.68. The Labute approximate surface area is 155 Å². The Kier molecular flexibility index (Phi) is 5.05. The maximum Gasteiger partial charge on any atom is 0.336 e. The molecule has 2 aromatic rings. The van der Waals surface area contributed by atoms with Crippen LogP contribution in [0.1, 0.15) is 33.5 Å². The molecular formula is C22H26N2O2. The topological polar surface area (TPSA) is 43.8 Å². The molecule has 1 N–H and O–H groups in total. The number of aryl methyl sites for hydroxylation is 1. The van der Waals surface area contributed by atoms with Crippen LogP contribution in [-0.4, -0.2) is 53.1 Å². The van der Waals surface area contributed by atoms with Crippen LogP contribution in [0.5, 0.6) is 0 Å². The number of carbonyl (C=O) groups is 1. The minimum absolute atomic E-state index is 0.429. The standard InChI is InChI=1S/C22H26N2O2/c25-22(26)21-8-4-3-7-19(21)16-23-11-13-24(14-12-23)20-10-9-17-5-1-2-6-18(17)15-20/h1-8,20H,9-16H2,(H,25,26). The van der Waals surface area contributed by atoms with Crippen LogP contribution in [-0.2, 0) is 19.4 Å². The third kappa shape index (κ3) is 3.67. The molecule has 0 spiro atoms. The molecule has 4 nitrogen and oxygen atoms in total. The quantitative estimate of drug-likeness (QED) is 0.920. The summed E-state index contributed by atoms with van der Waals surface area (Å²) < 4.78 is 0. The summed E-state index contributed by atoms with van der Waals surface area (Å²) in [6.07, 6.45) is 3.60. The van der Waals surface area contributed by atoms with Crippen LogP contribution in [0, 0.1) is 0 Å². The van der Waals surface area contributed by atoms with E-state index in [9.17, 15) is 9.90 Å². The minimum Gasteiger partial charge on any atom is -0.478 e. The van der Waals surface area contributed by atoms with E-state index in [2.05, 4.69) is 34.1 Å². The van der Waals surface area contributed by atoms with Gasteiger partial charge in [-0.15, -0.1) is 0 Å². The van der Waals surface area contributed by atoms with Gasteiger partial charge in [-0.3, -0.25) is 9.80 Å². The fourth-order valence-electron chi connectivity index (χ4n) is 4.38. The third-order valence-corrected chi connectivity index (χ3v) is 5.89. The lowest BCUT2D eigenvalue weighted by atomic mass is 9.87. The molecule has 1 saturated heterocycles. The van der Waals surface area contributed by atoms with Gasteiger partial charge in [0.1, 0.15) is 0 Å². The van der Waals surface area contributed by atoms with Gasteiger partial charge in [0.15, 0.2) is 0 Å². The minimum atomic E-state index is -0.833. The molecule has 1 atom stereocenters. The first-order valence-corrected chi connectivity index (χ1v) is 9.55. The summed E-state index contributed by atoms with van der Waals surface area (Å²) in [7, 11) is 0. The molecule has 1 fully saturated rings. The number of nitrogens with zero attached hydrogens (tertiary/aromatic N) is 2. The predicted octanol–water partition coefficient (Wildman–Crippen LogP) is 3.06. The number of hydrogen-bond donors (Lipinski definition) is 1. The summed E-state index contributed by atoms with van der Waals surface area (Å²) in [6, 6.07) is 16.9. The number of aromatic carboxylic acids is 1. The Balaban J connectivity index is 1.35. The summed E-state index contributed by atoms with van der Waals surface area (Å²) >= 11 is 0. The van der Waals surface area contributed by atoms with Gasteiger partial charge in [-0.1, -0.05) is 42.5 Å². The van der Waals surface area contributed by atoms with Crippen molar-refractivity contribution in [3.05, 3.63) is 70.8 Å². The molecule has 1 aliphatic carbocycles. The average molecular weight is 350 g/mol. The smallest absolute Gasteiger partial charge is 0.336 e. The first-order chi connectivity index (χ1) is 12.7. The largest absolute Gasteiger partial charge is 0.478 e. The first kappa shape index (κ1) is 17.3. The van der Waals surface area contributed by atoms with Crippen LogP contribution in [0.25, 0.3) is 0 Å². The van der Waals surface area contributed by atoms with Gasteiger partial charge < -0.3 is 5.11 Å². The molecule has 136 valence electrons. The van der Waals surface area contributed by atoms with Crippen LogP contribution in [0.4, 0.5) is 0 Å². The molecule has 1 unspecified atom stereocenters. The highest BCUT2D eigenvalue weighted by Crippen LogP contribution is 2.25. The van der Waals surface area contributed by atoms with E-state index < -0.39 is 5.97 Å². The highest BCUT2D eigenvalue weighted by atomic mass is 16.4. The Bertz CT molecular complexity index is 781. The summed E-state index contributed by atoms with van der Waals surface area (Å²) in [6.45, 7) is 4.88. The second-order valence-electron chi connectivity index (χ2n) is 7.44. The number of piperazine rings is 1. The van der Waals surface area contributed by atoms with Crippen LogP contribution in [0.15, 0.2) is 48.5 Å². The van der Waals surface area contributed by atoms with Gasteiger partial charge in [0.2, 0.25) is 0 Å². The SMILES string of the molecule is O=C(O)c1ccccc1CN1CCN(C2CCc3ccccc3C2)CC1. The molecule has 0 saturated carbocycles. The van der Waals surface area contributed by atoms with Gasteiger partial charge in [-0.25, -0.2) is 4.79 Å². The van der Waals surface area contributed by atoms with Crippen molar-refractivity contribution < 1.29 is 9.90 Å². The van der Waals surface area contributed by atoms with Gasteiger partial charge in [0.05, 0.1) is 5.56 Å². The lowest BCUT2D eigenvalue weighted by molar-refractivity contribution is 0.0688. The molecule has 2 aromatic carbocycles. The van der Waals surface area contributed by atoms with E-state index in [-0.39, 0.29) is 0 Å². The molecule has 0 amide bonds. The van der Waals surface area contributed by atoms with Crippen molar-refractivity contribution in [3.8, 4) is 0 Å². The predicted molar refractivity (Wildman–Crippen MR) is 103 cm³/mol. The molecule has 1 heterocycles. The highest BCUT2D eigenvalue weighted by molar-refractivity contribution is 5.89. The van der Waals surface area contributed by atoms with Crippen molar-refractivity contribution in [3.63, 3.8) is 0 Å². The molecule has 0 radical (unpaired) electrons. The monoisotopic (exact) mass is 350 g/mol. The van der Waals surface area contributed by atoms with Crippen molar-refractivity contribution in [2.75, 3.05) is 26.2 Å². The van der Waals surface area contributed by atoms with Crippen LogP contribution in [0.3, 0.4) is 0 Å². The van der Waals surface area contributed by atoms with Crippen LogP contribution < -0.4 is 0 Å².